The summed E-state index contributed by atoms with van der Waals surface area (Å²) in [6.07, 6.45) is 25.8. The molecule has 0 saturated carbocycles. The van der Waals surface area contributed by atoms with Gasteiger partial charge in [0.25, 0.3) is 0 Å². The zero-order chi connectivity index (χ0) is 28.4. The summed E-state index contributed by atoms with van der Waals surface area (Å²) >= 11 is 0. The Labute approximate surface area is 252 Å². The van der Waals surface area contributed by atoms with Crippen LogP contribution >= 0.6 is 0 Å². The summed E-state index contributed by atoms with van der Waals surface area (Å²) in [6.45, 7) is 0. The lowest BCUT2D eigenvalue weighted by atomic mass is 9.63. The second-order valence-corrected chi connectivity index (χ2v) is 12.2. The summed E-state index contributed by atoms with van der Waals surface area (Å²) in [5.74, 6) is 3.16. The van der Waals surface area contributed by atoms with Crippen LogP contribution in [0, 0.1) is 11.8 Å². The fourth-order valence-corrected chi connectivity index (χ4v) is 8.25. The van der Waals surface area contributed by atoms with Crippen LogP contribution in [0.3, 0.4) is 0 Å². The Morgan fingerprint density at radius 3 is 2.33 bits per heavy atom. The number of hydrogen-bond acceptors (Lipinski definition) is 3. The maximum atomic E-state index is 5.15. The monoisotopic (exact) mass is 553 g/mol. The standard InChI is InChI=1S/C40H31N3/c1-3-13-26(14-4-1)37-41-38(27-15-5-2-6-16-27)43-39(42-37)28-23-24-32-31-19-9-12-22-35(31)40(36(32)25-28)33-20-10-7-17-29(33)30-18-8-11-21-34(30)40/h1-10,12-15,17-20,22-25,27,29,33H,11,16,21H2. The fourth-order valence-electron chi connectivity index (χ4n) is 8.25. The molecule has 4 atom stereocenters. The summed E-state index contributed by atoms with van der Waals surface area (Å²) < 4.78 is 0. The second-order valence-electron chi connectivity index (χ2n) is 12.2. The molecule has 43 heavy (non-hydrogen) atoms. The lowest BCUT2D eigenvalue weighted by molar-refractivity contribution is 0.425. The Hall–Kier alpha value is -4.89. The van der Waals surface area contributed by atoms with Crippen molar-refractivity contribution in [3.8, 4) is 33.9 Å². The third-order valence-corrected chi connectivity index (χ3v) is 10.0. The molecule has 1 spiro atoms. The first-order valence-corrected chi connectivity index (χ1v) is 15.5. The van der Waals surface area contributed by atoms with E-state index in [4.69, 9.17) is 15.0 Å². The van der Waals surface area contributed by atoms with Crippen molar-refractivity contribution < 1.29 is 0 Å². The van der Waals surface area contributed by atoms with Gasteiger partial charge in [0.2, 0.25) is 0 Å². The lowest BCUT2D eigenvalue weighted by Gasteiger charge is -2.38. The van der Waals surface area contributed by atoms with Gasteiger partial charge in [0, 0.05) is 28.9 Å². The number of fused-ring (bicyclic) bond motifs is 9. The molecule has 0 radical (unpaired) electrons. The van der Waals surface area contributed by atoms with Gasteiger partial charge < -0.3 is 0 Å². The van der Waals surface area contributed by atoms with E-state index < -0.39 is 0 Å². The molecule has 0 bridgehead atoms. The average Bonchev–Trinajstić information content (AvgIpc) is 3.56. The Morgan fingerprint density at radius 2 is 1.44 bits per heavy atom. The van der Waals surface area contributed by atoms with Crippen molar-refractivity contribution in [3.63, 3.8) is 0 Å². The smallest absolute Gasteiger partial charge is 0.163 e. The first-order chi connectivity index (χ1) is 21.3. The Morgan fingerprint density at radius 1 is 0.651 bits per heavy atom. The zero-order valence-corrected chi connectivity index (χ0v) is 23.9. The van der Waals surface area contributed by atoms with Gasteiger partial charge in [0.1, 0.15) is 5.82 Å². The molecule has 3 nitrogen and oxygen atoms in total. The van der Waals surface area contributed by atoms with E-state index in [0.717, 1.165) is 47.9 Å². The highest BCUT2D eigenvalue weighted by molar-refractivity contribution is 5.87. The molecular formula is C40H31N3. The number of nitrogens with zero attached hydrogens (tertiary/aromatic N) is 3. The fraction of sp³-hybridized carbons (Fsp3) is 0.175. The van der Waals surface area contributed by atoms with Crippen LogP contribution in [0.25, 0.3) is 33.9 Å². The highest BCUT2D eigenvalue weighted by Crippen LogP contribution is 2.66. The van der Waals surface area contributed by atoms with Crippen molar-refractivity contribution in [2.75, 3.05) is 0 Å². The molecule has 5 aliphatic carbocycles. The number of hydrogen-bond donors (Lipinski definition) is 0. The first kappa shape index (κ1) is 24.7. The Balaban J connectivity index is 1.28. The summed E-state index contributed by atoms with van der Waals surface area (Å²) in [5, 5.41) is 0. The number of allylic oxidation sites excluding steroid dienone is 12. The van der Waals surface area contributed by atoms with Gasteiger partial charge in [-0.3, -0.25) is 0 Å². The predicted molar refractivity (Wildman–Crippen MR) is 173 cm³/mol. The Bertz CT molecular complexity index is 1970. The molecule has 0 fully saturated rings. The van der Waals surface area contributed by atoms with Crippen molar-refractivity contribution in [1.29, 1.82) is 0 Å². The maximum absolute atomic E-state index is 5.15. The highest BCUT2D eigenvalue weighted by atomic mass is 15.0. The number of benzene rings is 3. The molecule has 0 saturated heterocycles. The van der Waals surface area contributed by atoms with E-state index >= 15 is 0 Å². The van der Waals surface area contributed by atoms with Crippen LogP contribution < -0.4 is 0 Å². The topological polar surface area (TPSA) is 38.7 Å². The average molecular weight is 554 g/mol. The zero-order valence-electron chi connectivity index (χ0n) is 23.9. The predicted octanol–water partition coefficient (Wildman–Crippen LogP) is 9.09. The molecule has 3 heteroatoms. The second kappa shape index (κ2) is 9.57. The van der Waals surface area contributed by atoms with Crippen LogP contribution in [-0.4, -0.2) is 15.0 Å². The van der Waals surface area contributed by atoms with Crippen LogP contribution in [0.2, 0.25) is 0 Å². The molecule has 206 valence electrons. The largest absolute Gasteiger partial charge is 0.212 e. The molecule has 4 unspecified atom stereocenters. The van der Waals surface area contributed by atoms with Crippen LogP contribution in [0.4, 0.5) is 0 Å². The molecule has 9 rings (SSSR count). The van der Waals surface area contributed by atoms with Crippen molar-refractivity contribution in [2.24, 2.45) is 11.8 Å². The van der Waals surface area contributed by atoms with Gasteiger partial charge in [-0.25, -0.2) is 15.0 Å². The van der Waals surface area contributed by atoms with Gasteiger partial charge >= 0.3 is 0 Å². The molecule has 5 aliphatic rings. The summed E-state index contributed by atoms with van der Waals surface area (Å²) in [6, 6.07) is 26.3. The minimum absolute atomic E-state index is 0.135. The number of rotatable bonds is 3. The van der Waals surface area contributed by atoms with Crippen LogP contribution in [0.1, 0.15) is 42.1 Å². The minimum atomic E-state index is -0.191. The van der Waals surface area contributed by atoms with E-state index in [1.165, 1.54) is 27.8 Å². The molecule has 0 aliphatic heterocycles. The summed E-state index contributed by atoms with van der Waals surface area (Å²) in [4.78, 5) is 15.3. The SMILES string of the molecule is C1=CCC(c2nc(-c3ccccc3)nc(-c3ccc4c(c3)C3(C5=C(C=CCC5)C5C=CC=CC53)c3ccccc3-4)n2)C=C1. The summed E-state index contributed by atoms with van der Waals surface area (Å²) in [5.41, 5.74) is 10.5. The normalized spacial score (nSPS) is 25.6. The van der Waals surface area contributed by atoms with Crippen LogP contribution in [-0.2, 0) is 5.41 Å². The van der Waals surface area contributed by atoms with Crippen molar-refractivity contribution in [3.05, 3.63) is 162 Å². The van der Waals surface area contributed by atoms with E-state index in [0.29, 0.717) is 11.8 Å². The third-order valence-electron chi connectivity index (χ3n) is 10.0. The molecular weight excluding hydrogens is 522 g/mol. The van der Waals surface area contributed by atoms with Gasteiger partial charge in [0.15, 0.2) is 11.6 Å². The van der Waals surface area contributed by atoms with Gasteiger partial charge in [-0.15, -0.1) is 0 Å². The molecule has 1 heterocycles. The minimum Gasteiger partial charge on any atom is -0.212 e. The van der Waals surface area contributed by atoms with E-state index in [-0.39, 0.29) is 11.3 Å². The van der Waals surface area contributed by atoms with Gasteiger partial charge in [-0.1, -0.05) is 133 Å². The van der Waals surface area contributed by atoms with Gasteiger partial charge in [-0.05, 0) is 53.2 Å². The molecule has 0 amide bonds. The first-order valence-electron chi connectivity index (χ1n) is 15.5. The van der Waals surface area contributed by atoms with Crippen LogP contribution in [0.5, 0.6) is 0 Å². The molecule has 0 N–H and O–H groups in total. The number of aromatic nitrogens is 3. The van der Waals surface area contributed by atoms with Gasteiger partial charge in [-0.2, -0.15) is 0 Å². The summed E-state index contributed by atoms with van der Waals surface area (Å²) in [7, 11) is 0. The highest BCUT2D eigenvalue weighted by Gasteiger charge is 2.57. The van der Waals surface area contributed by atoms with Crippen molar-refractivity contribution >= 4 is 0 Å². The van der Waals surface area contributed by atoms with E-state index in [2.05, 4.69) is 115 Å². The molecule has 3 aromatic carbocycles. The van der Waals surface area contributed by atoms with E-state index in [1.54, 1.807) is 5.57 Å². The van der Waals surface area contributed by atoms with Gasteiger partial charge in [0.05, 0.1) is 5.41 Å². The van der Waals surface area contributed by atoms with E-state index in [1.807, 2.05) is 18.2 Å². The molecule has 1 aromatic heterocycles. The van der Waals surface area contributed by atoms with Crippen LogP contribution in [0.15, 0.2) is 145 Å². The van der Waals surface area contributed by atoms with Crippen molar-refractivity contribution in [1.82, 2.24) is 15.0 Å². The van der Waals surface area contributed by atoms with Crippen molar-refractivity contribution in [2.45, 2.75) is 30.6 Å². The maximum Gasteiger partial charge on any atom is 0.163 e. The van der Waals surface area contributed by atoms with E-state index in [9.17, 15) is 0 Å². The Kier molecular flexibility index (Phi) is 5.49. The quantitative estimate of drug-likeness (QED) is 0.254. The third kappa shape index (κ3) is 3.58. The molecule has 4 aromatic rings. The lowest BCUT2D eigenvalue weighted by Crippen LogP contribution is -2.35.